The number of pyridine rings is 1. The van der Waals surface area contributed by atoms with Gasteiger partial charge in [-0.1, -0.05) is 43.3 Å². The maximum absolute atomic E-state index is 15.2. The van der Waals surface area contributed by atoms with Crippen molar-refractivity contribution >= 4 is 33.1 Å². The fourth-order valence-corrected chi connectivity index (χ4v) is 7.36. The molecule has 1 amide bonds. The number of benzene rings is 3. The Hall–Kier alpha value is -5.50. The Kier molecular flexibility index (Phi) is 11.3. The Morgan fingerprint density at radius 1 is 0.865 bits per heavy atom. The molecule has 52 heavy (non-hydrogen) atoms. The SMILES string of the molecule is CCNNc1ccc(-c2sc3c(c2CN(C)Cc2ccccn2)c(=O)n(-c2ccc(CC(=O)NCC)cc2)c(=O)n3Cc2c(F)cccc2F)cc1. The van der Waals surface area contributed by atoms with Crippen LogP contribution in [0.2, 0.25) is 0 Å². The Labute approximate surface area is 303 Å². The van der Waals surface area contributed by atoms with Crippen molar-refractivity contribution in [2.75, 3.05) is 25.6 Å². The number of halogens is 2. The van der Waals surface area contributed by atoms with Crippen LogP contribution < -0.4 is 27.4 Å². The van der Waals surface area contributed by atoms with Gasteiger partial charge in [0.05, 0.1) is 29.7 Å². The number of hydrazine groups is 1. The van der Waals surface area contributed by atoms with Gasteiger partial charge in [0, 0.05) is 48.5 Å². The van der Waals surface area contributed by atoms with Crippen molar-refractivity contribution < 1.29 is 13.6 Å². The number of amides is 1. The number of nitrogens with zero attached hydrogens (tertiary/aromatic N) is 4. The van der Waals surface area contributed by atoms with E-state index in [1.807, 2.05) is 68.3 Å². The molecule has 0 saturated heterocycles. The zero-order chi connectivity index (χ0) is 36.8. The van der Waals surface area contributed by atoms with E-state index in [1.54, 1.807) is 30.5 Å². The number of anilines is 1. The minimum atomic E-state index is -0.802. The molecular formula is C39H39F2N7O3S. The number of rotatable bonds is 14. The van der Waals surface area contributed by atoms with Crippen molar-refractivity contribution in [3.05, 3.63) is 146 Å². The van der Waals surface area contributed by atoms with Gasteiger partial charge in [0.2, 0.25) is 5.91 Å². The second-order valence-electron chi connectivity index (χ2n) is 12.3. The van der Waals surface area contributed by atoms with Crippen LogP contribution in [-0.4, -0.2) is 45.1 Å². The van der Waals surface area contributed by atoms with Crippen LogP contribution in [0.4, 0.5) is 14.5 Å². The number of hydrogen-bond acceptors (Lipinski definition) is 8. The summed E-state index contributed by atoms with van der Waals surface area (Å²) in [4.78, 5) is 48.9. The minimum Gasteiger partial charge on any atom is -0.356 e. The fraction of sp³-hybridized carbons (Fsp3) is 0.231. The molecule has 0 bridgehead atoms. The average Bonchev–Trinajstić information content (AvgIpc) is 3.50. The van der Waals surface area contributed by atoms with Gasteiger partial charge in [-0.05, 0) is 79.2 Å². The molecule has 13 heteroatoms. The molecule has 6 aromatic rings. The van der Waals surface area contributed by atoms with Crippen LogP contribution in [0, 0.1) is 11.6 Å². The zero-order valence-corrected chi connectivity index (χ0v) is 29.9. The average molecular weight is 724 g/mol. The number of carbonyl (C=O) groups excluding carboxylic acids is 1. The van der Waals surface area contributed by atoms with Crippen LogP contribution in [0.1, 0.15) is 36.2 Å². The highest BCUT2D eigenvalue weighted by Gasteiger charge is 2.26. The summed E-state index contributed by atoms with van der Waals surface area (Å²) in [7, 11) is 1.92. The number of aromatic nitrogens is 3. The van der Waals surface area contributed by atoms with E-state index in [0.717, 1.165) is 38.5 Å². The summed E-state index contributed by atoms with van der Waals surface area (Å²) in [6.45, 7) is 5.35. The minimum absolute atomic E-state index is 0.127. The molecule has 3 heterocycles. The lowest BCUT2D eigenvalue weighted by atomic mass is 10.1. The molecule has 0 aliphatic rings. The first-order valence-corrected chi connectivity index (χ1v) is 17.8. The molecule has 0 radical (unpaired) electrons. The quantitative estimate of drug-likeness (QED) is 0.121. The standard InChI is InChI=1S/C39H39F2N7O3S/c1-4-42-34(49)21-25-12-18-29(19-13-25)48-37(50)35-31(23-46(3)22-28-9-6-7-20-43-28)36(26-14-16-27(17-15-26)45-44-5-2)52-38(35)47(39(48)51)24-30-32(40)10-8-11-33(30)41/h6-20,44-45H,4-5,21-24H2,1-3H3,(H,42,49). The van der Waals surface area contributed by atoms with Crippen LogP contribution >= 0.6 is 11.3 Å². The first-order valence-electron chi connectivity index (χ1n) is 17.0. The highest BCUT2D eigenvalue weighted by molar-refractivity contribution is 7.22. The smallest absolute Gasteiger partial charge is 0.337 e. The molecule has 3 N–H and O–H groups in total. The second-order valence-corrected chi connectivity index (χ2v) is 13.3. The molecule has 0 fully saturated rings. The molecule has 0 spiro atoms. The Balaban J connectivity index is 1.58. The Morgan fingerprint density at radius 3 is 2.25 bits per heavy atom. The van der Waals surface area contributed by atoms with Crippen molar-refractivity contribution in [2.24, 2.45) is 0 Å². The first kappa shape index (κ1) is 36.3. The van der Waals surface area contributed by atoms with Gasteiger partial charge in [-0.3, -0.25) is 24.0 Å². The monoisotopic (exact) mass is 723 g/mol. The van der Waals surface area contributed by atoms with E-state index in [2.05, 4.69) is 21.2 Å². The van der Waals surface area contributed by atoms with Crippen molar-refractivity contribution in [1.29, 1.82) is 0 Å². The van der Waals surface area contributed by atoms with Crippen LogP contribution in [0.5, 0.6) is 0 Å². The highest BCUT2D eigenvalue weighted by Crippen LogP contribution is 2.38. The van der Waals surface area contributed by atoms with E-state index in [9.17, 15) is 14.4 Å². The van der Waals surface area contributed by atoms with Gasteiger partial charge in [-0.15, -0.1) is 11.3 Å². The van der Waals surface area contributed by atoms with Gasteiger partial charge in [-0.2, -0.15) is 0 Å². The van der Waals surface area contributed by atoms with Gasteiger partial charge in [0.1, 0.15) is 16.5 Å². The van der Waals surface area contributed by atoms with Crippen molar-refractivity contribution in [1.82, 2.24) is 29.8 Å². The maximum Gasteiger partial charge on any atom is 0.337 e. The third-order valence-electron chi connectivity index (χ3n) is 8.53. The number of fused-ring (bicyclic) bond motifs is 1. The number of nitrogens with one attached hydrogen (secondary N) is 3. The van der Waals surface area contributed by atoms with Crippen LogP contribution in [0.15, 0.2) is 101 Å². The van der Waals surface area contributed by atoms with E-state index in [0.29, 0.717) is 42.1 Å². The molecular weight excluding hydrogens is 685 g/mol. The van der Waals surface area contributed by atoms with E-state index in [4.69, 9.17) is 0 Å². The highest BCUT2D eigenvalue weighted by atomic mass is 32.1. The number of likely N-dealkylation sites (N-methyl/N-ethyl adjacent to an activating group) is 1. The van der Waals surface area contributed by atoms with Gasteiger partial charge in [-0.25, -0.2) is 23.6 Å². The van der Waals surface area contributed by atoms with Crippen molar-refractivity contribution in [3.8, 4) is 16.1 Å². The maximum atomic E-state index is 15.2. The molecule has 0 saturated carbocycles. The summed E-state index contributed by atoms with van der Waals surface area (Å²) >= 11 is 1.23. The van der Waals surface area contributed by atoms with Gasteiger partial charge < -0.3 is 10.7 Å². The molecule has 0 atom stereocenters. The number of carbonyl (C=O) groups is 1. The zero-order valence-electron chi connectivity index (χ0n) is 29.1. The summed E-state index contributed by atoms with van der Waals surface area (Å²) < 4.78 is 32.6. The van der Waals surface area contributed by atoms with Gasteiger partial charge in [0.25, 0.3) is 5.56 Å². The van der Waals surface area contributed by atoms with E-state index in [-0.39, 0.29) is 29.0 Å². The largest absolute Gasteiger partial charge is 0.356 e. The molecule has 0 aliphatic carbocycles. The molecule has 3 aromatic carbocycles. The normalized spacial score (nSPS) is 11.3. The predicted molar refractivity (Wildman–Crippen MR) is 202 cm³/mol. The lowest BCUT2D eigenvalue weighted by Gasteiger charge is -2.18. The summed E-state index contributed by atoms with van der Waals surface area (Å²) in [5.74, 6) is -1.76. The summed E-state index contributed by atoms with van der Waals surface area (Å²) in [5, 5.41) is 3.03. The number of hydrogen-bond donors (Lipinski definition) is 3. The first-order chi connectivity index (χ1) is 25.2. The number of thiophene rings is 1. The second kappa shape index (κ2) is 16.2. The molecule has 3 aromatic heterocycles. The van der Waals surface area contributed by atoms with E-state index < -0.39 is 29.4 Å². The molecule has 0 unspecified atom stereocenters. The molecule has 268 valence electrons. The predicted octanol–water partition coefficient (Wildman–Crippen LogP) is 5.85. The van der Waals surface area contributed by atoms with Crippen LogP contribution in [0.25, 0.3) is 26.3 Å². The molecule has 6 rings (SSSR count). The van der Waals surface area contributed by atoms with E-state index >= 15 is 8.78 Å². The van der Waals surface area contributed by atoms with Gasteiger partial charge in [0.15, 0.2) is 0 Å². The molecule has 0 aliphatic heterocycles. The van der Waals surface area contributed by atoms with Gasteiger partial charge >= 0.3 is 5.69 Å². The fourth-order valence-electron chi connectivity index (χ4n) is 6.06. The topological polar surface area (TPSA) is 113 Å². The van der Waals surface area contributed by atoms with Crippen molar-refractivity contribution in [2.45, 2.75) is 39.9 Å². The van der Waals surface area contributed by atoms with Crippen molar-refractivity contribution in [3.63, 3.8) is 0 Å². The Bertz CT molecular complexity index is 2280. The van der Waals surface area contributed by atoms with Crippen LogP contribution in [0.3, 0.4) is 0 Å². The third kappa shape index (κ3) is 7.86. The Morgan fingerprint density at radius 2 is 1.60 bits per heavy atom. The summed E-state index contributed by atoms with van der Waals surface area (Å²) in [6.07, 6.45) is 1.85. The van der Waals surface area contributed by atoms with Crippen LogP contribution in [-0.2, 0) is 30.8 Å². The lowest BCUT2D eigenvalue weighted by Crippen LogP contribution is -2.39. The lowest BCUT2D eigenvalue weighted by molar-refractivity contribution is -0.120. The summed E-state index contributed by atoms with van der Waals surface area (Å²) in [6, 6.07) is 23.5. The third-order valence-corrected chi connectivity index (χ3v) is 9.83. The summed E-state index contributed by atoms with van der Waals surface area (Å²) in [5.41, 5.74) is 8.71. The molecule has 10 nitrogen and oxygen atoms in total. The van der Waals surface area contributed by atoms with E-state index in [1.165, 1.54) is 22.0 Å².